The van der Waals surface area contributed by atoms with E-state index in [1.165, 1.54) is 25.7 Å². The molecule has 0 bridgehead atoms. The predicted octanol–water partition coefficient (Wildman–Crippen LogP) is 2.09. The van der Waals surface area contributed by atoms with Crippen molar-refractivity contribution in [3.63, 3.8) is 0 Å². The van der Waals surface area contributed by atoms with Gasteiger partial charge in [-0.15, -0.1) is 0 Å². The molecule has 0 aromatic heterocycles. The maximum atomic E-state index is 11.0. The lowest BCUT2D eigenvalue weighted by Gasteiger charge is -2.33. The van der Waals surface area contributed by atoms with Gasteiger partial charge in [-0.2, -0.15) is 0 Å². The monoisotopic (exact) mass is 241 g/mol. The molecule has 1 aliphatic rings. The minimum Gasteiger partial charge on any atom is -0.351 e. The topological polar surface area (TPSA) is 58.4 Å². The van der Waals surface area contributed by atoms with Gasteiger partial charge in [-0.3, -0.25) is 0 Å². The zero-order valence-electron chi connectivity index (χ0n) is 11.2. The molecule has 1 heterocycles. The van der Waals surface area contributed by atoms with E-state index >= 15 is 0 Å². The predicted molar refractivity (Wildman–Crippen MR) is 70.9 cm³/mol. The molecule has 1 fully saturated rings. The molecule has 0 radical (unpaired) electrons. The third kappa shape index (κ3) is 5.39. The van der Waals surface area contributed by atoms with Gasteiger partial charge in [0.2, 0.25) is 0 Å². The van der Waals surface area contributed by atoms with Crippen LogP contribution >= 0.6 is 0 Å². The summed E-state index contributed by atoms with van der Waals surface area (Å²) < 4.78 is 0. The molecular formula is C13H27N3O. The molecule has 2 amide bonds. The van der Waals surface area contributed by atoms with Gasteiger partial charge >= 0.3 is 6.03 Å². The average molecular weight is 241 g/mol. The number of likely N-dealkylation sites (tertiary alicyclic amines) is 1. The van der Waals surface area contributed by atoms with E-state index in [9.17, 15) is 4.79 Å². The maximum absolute atomic E-state index is 11.0. The number of nitrogens with one attached hydrogen (secondary N) is 1. The summed E-state index contributed by atoms with van der Waals surface area (Å²) in [4.78, 5) is 12.7. The highest BCUT2D eigenvalue weighted by atomic mass is 16.2. The van der Waals surface area contributed by atoms with Gasteiger partial charge in [0.15, 0.2) is 0 Å². The fourth-order valence-electron chi connectivity index (χ4n) is 2.45. The second-order valence-electron chi connectivity index (χ2n) is 5.16. The number of nitrogens with zero attached hydrogens (tertiary/aromatic N) is 1. The zero-order chi connectivity index (χ0) is 12.7. The third-order valence-electron chi connectivity index (χ3n) is 3.57. The number of urea groups is 1. The Balaban J connectivity index is 2.14. The number of primary amides is 1. The van der Waals surface area contributed by atoms with Gasteiger partial charge in [0, 0.05) is 25.2 Å². The third-order valence-corrected chi connectivity index (χ3v) is 3.57. The Bertz CT molecular complexity index is 225. The Hall–Kier alpha value is -0.770. The van der Waals surface area contributed by atoms with Gasteiger partial charge in [-0.1, -0.05) is 26.2 Å². The van der Waals surface area contributed by atoms with Crippen LogP contribution in [0.5, 0.6) is 0 Å². The van der Waals surface area contributed by atoms with Crippen LogP contribution in [-0.2, 0) is 0 Å². The summed E-state index contributed by atoms with van der Waals surface area (Å²) in [6, 6.07) is 0.869. The van der Waals surface area contributed by atoms with Crippen molar-refractivity contribution in [3.8, 4) is 0 Å². The smallest absolute Gasteiger partial charge is 0.314 e. The number of hydrogen-bond acceptors (Lipinski definition) is 2. The molecule has 0 aromatic carbocycles. The van der Waals surface area contributed by atoms with E-state index in [1.807, 2.05) is 0 Å². The van der Waals surface area contributed by atoms with Crippen molar-refractivity contribution in [2.45, 2.75) is 64.5 Å². The van der Waals surface area contributed by atoms with Crippen LogP contribution in [0.2, 0.25) is 0 Å². The minimum atomic E-state index is -0.278. The van der Waals surface area contributed by atoms with Crippen molar-refractivity contribution in [1.29, 1.82) is 0 Å². The Morgan fingerprint density at radius 3 is 2.59 bits per heavy atom. The summed E-state index contributed by atoms with van der Waals surface area (Å²) in [7, 11) is 0. The van der Waals surface area contributed by atoms with Crippen molar-refractivity contribution in [1.82, 2.24) is 10.2 Å². The fraction of sp³-hybridized carbons (Fsp3) is 0.923. The van der Waals surface area contributed by atoms with Crippen LogP contribution in [-0.4, -0.2) is 36.1 Å². The van der Waals surface area contributed by atoms with Crippen LogP contribution in [0.3, 0.4) is 0 Å². The highest BCUT2D eigenvalue weighted by molar-refractivity contribution is 5.72. The maximum Gasteiger partial charge on any atom is 0.314 e. The van der Waals surface area contributed by atoms with E-state index in [-0.39, 0.29) is 6.03 Å². The normalized spacial score (nSPS) is 19.3. The first-order chi connectivity index (χ1) is 8.13. The molecular weight excluding hydrogens is 214 g/mol. The highest BCUT2D eigenvalue weighted by Crippen LogP contribution is 2.12. The summed E-state index contributed by atoms with van der Waals surface area (Å²) in [5.41, 5.74) is 5.26. The molecule has 3 N–H and O–H groups in total. The number of nitrogens with two attached hydrogens (primary N) is 1. The zero-order valence-corrected chi connectivity index (χ0v) is 11.2. The minimum absolute atomic E-state index is 0.278. The molecule has 100 valence electrons. The molecule has 1 saturated heterocycles. The first kappa shape index (κ1) is 14.3. The number of carbonyl (C=O) groups excluding carboxylic acids is 1. The second-order valence-corrected chi connectivity index (χ2v) is 5.16. The summed E-state index contributed by atoms with van der Waals surface area (Å²) in [5.74, 6) is 0. The van der Waals surface area contributed by atoms with Crippen LogP contribution in [0, 0.1) is 0 Å². The lowest BCUT2D eigenvalue weighted by atomic mass is 10.0. The quantitative estimate of drug-likeness (QED) is 0.700. The molecule has 1 rings (SSSR count). The highest BCUT2D eigenvalue weighted by Gasteiger charge is 2.21. The lowest BCUT2D eigenvalue weighted by Crippen LogP contribution is -2.48. The van der Waals surface area contributed by atoms with Crippen molar-refractivity contribution in [2.75, 3.05) is 13.1 Å². The molecule has 4 nitrogen and oxygen atoms in total. The lowest BCUT2D eigenvalue weighted by molar-refractivity contribution is 0.182. The number of carbonyl (C=O) groups is 1. The van der Waals surface area contributed by atoms with Crippen LogP contribution in [0.1, 0.15) is 52.4 Å². The number of amides is 2. The van der Waals surface area contributed by atoms with Gasteiger partial charge in [0.25, 0.3) is 0 Å². The largest absolute Gasteiger partial charge is 0.351 e. The first-order valence-electron chi connectivity index (χ1n) is 6.94. The average Bonchev–Trinajstić information content (AvgIpc) is 2.30. The summed E-state index contributed by atoms with van der Waals surface area (Å²) in [6.45, 7) is 6.09. The number of hydrogen-bond donors (Lipinski definition) is 2. The Kier molecular flexibility index (Phi) is 6.34. The fourth-order valence-corrected chi connectivity index (χ4v) is 2.45. The SMILES string of the molecule is CCCCCC(C)NC1CCN(C(N)=O)CC1. The van der Waals surface area contributed by atoms with Crippen LogP contribution in [0.25, 0.3) is 0 Å². The molecule has 17 heavy (non-hydrogen) atoms. The van der Waals surface area contributed by atoms with E-state index in [0.29, 0.717) is 12.1 Å². The van der Waals surface area contributed by atoms with Crippen molar-refractivity contribution < 1.29 is 4.79 Å². The van der Waals surface area contributed by atoms with E-state index < -0.39 is 0 Å². The standard InChI is InChI=1S/C13H27N3O/c1-3-4-5-6-11(2)15-12-7-9-16(10-8-12)13(14)17/h11-12,15H,3-10H2,1-2H3,(H2,14,17). The van der Waals surface area contributed by atoms with Crippen LogP contribution < -0.4 is 11.1 Å². The van der Waals surface area contributed by atoms with Gasteiger partial charge in [-0.05, 0) is 26.2 Å². The number of piperidine rings is 1. The summed E-state index contributed by atoms with van der Waals surface area (Å²) >= 11 is 0. The van der Waals surface area contributed by atoms with Gasteiger partial charge < -0.3 is 16.0 Å². The summed E-state index contributed by atoms with van der Waals surface area (Å²) in [6.07, 6.45) is 7.23. The van der Waals surface area contributed by atoms with E-state index in [1.54, 1.807) is 4.90 Å². The van der Waals surface area contributed by atoms with Crippen LogP contribution in [0.15, 0.2) is 0 Å². The van der Waals surface area contributed by atoms with Gasteiger partial charge in [0.05, 0.1) is 0 Å². The Morgan fingerprint density at radius 1 is 1.41 bits per heavy atom. The van der Waals surface area contributed by atoms with Crippen molar-refractivity contribution >= 4 is 6.03 Å². The molecule has 1 aliphatic heterocycles. The molecule has 0 aliphatic carbocycles. The Labute approximate surface area is 105 Å². The first-order valence-corrected chi connectivity index (χ1v) is 6.94. The van der Waals surface area contributed by atoms with Crippen molar-refractivity contribution in [3.05, 3.63) is 0 Å². The molecule has 4 heteroatoms. The molecule has 0 saturated carbocycles. The molecule has 0 spiro atoms. The number of unbranched alkanes of at least 4 members (excludes halogenated alkanes) is 2. The summed E-state index contributed by atoms with van der Waals surface area (Å²) in [5, 5.41) is 3.66. The molecule has 1 unspecified atom stereocenters. The molecule has 1 atom stereocenters. The van der Waals surface area contributed by atoms with Gasteiger partial charge in [-0.25, -0.2) is 4.79 Å². The van der Waals surface area contributed by atoms with E-state index in [4.69, 9.17) is 5.73 Å². The van der Waals surface area contributed by atoms with E-state index in [2.05, 4.69) is 19.2 Å². The Morgan fingerprint density at radius 2 is 2.06 bits per heavy atom. The van der Waals surface area contributed by atoms with E-state index in [0.717, 1.165) is 25.9 Å². The molecule has 0 aromatic rings. The number of rotatable bonds is 6. The van der Waals surface area contributed by atoms with Crippen molar-refractivity contribution in [2.24, 2.45) is 5.73 Å². The van der Waals surface area contributed by atoms with Gasteiger partial charge in [0.1, 0.15) is 0 Å². The second kappa shape index (κ2) is 7.54. The van der Waals surface area contributed by atoms with Crippen LogP contribution in [0.4, 0.5) is 4.79 Å².